The van der Waals surface area contributed by atoms with Crippen molar-refractivity contribution in [2.24, 2.45) is 11.0 Å². The van der Waals surface area contributed by atoms with Gasteiger partial charge in [0.1, 0.15) is 0 Å². The lowest BCUT2D eigenvalue weighted by molar-refractivity contribution is 0.597. The first-order chi connectivity index (χ1) is 6.20. The Bertz CT molecular complexity index is 207. The predicted octanol–water partition coefficient (Wildman–Crippen LogP) is 4.44. The third kappa shape index (κ3) is 8.12. The van der Waals surface area contributed by atoms with Crippen LogP contribution in [0.1, 0.15) is 33.1 Å². The minimum absolute atomic E-state index is 0.494. The highest BCUT2D eigenvalue weighted by Gasteiger charge is 1.98. The van der Waals surface area contributed by atoms with Crippen molar-refractivity contribution in [3.63, 3.8) is 0 Å². The van der Waals surface area contributed by atoms with Gasteiger partial charge in [0.15, 0.2) is 0 Å². The molecule has 74 valence electrons. The highest BCUT2D eigenvalue weighted by Crippen LogP contribution is 2.15. The van der Waals surface area contributed by atoms with Gasteiger partial charge in [0.05, 0.1) is 6.54 Å². The molecule has 0 bridgehead atoms. The Hall–Kier alpha value is -0.220. The van der Waals surface area contributed by atoms with Crippen LogP contribution in [0.15, 0.2) is 14.8 Å². The molecule has 0 aromatic carbocycles. The summed E-state index contributed by atoms with van der Waals surface area (Å²) in [5, 5.41) is 3.51. The van der Waals surface area contributed by atoms with E-state index < -0.39 is 0 Å². The number of rotatable bonds is 6. The van der Waals surface area contributed by atoms with E-state index in [1.54, 1.807) is 0 Å². The van der Waals surface area contributed by atoms with Crippen LogP contribution < -0.4 is 0 Å². The van der Waals surface area contributed by atoms with E-state index >= 15 is 0 Å². The number of allylic oxidation sites excluding steroid dienone is 1. The van der Waals surface area contributed by atoms with Gasteiger partial charge < -0.3 is 0 Å². The SMILES string of the molecule is CCCC[C@@H](C)/C=C(/I)CN=[N+]=[N-]. The minimum atomic E-state index is 0.494. The van der Waals surface area contributed by atoms with Gasteiger partial charge in [0, 0.05) is 4.91 Å². The van der Waals surface area contributed by atoms with E-state index in [0.29, 0.717) is 12.5 Å². The van der Waals surface area contributed by atoms with Crippen molar-refractivity contribution < 1.29 is 0 Å². The summed E-state index contributed by atoms with van der Waals surface area (Å²) in [6.45, 7) is 4.89. The second-order valence-electron chi connectivity index (χ2n) is 3.12. The van der Waals surface area contributed by atoms with Gasteiger partial charge in [0.25, 0.3) is 0 Å². The van der Waals surface area contributed by atoms with E-state index in [1.807, 2.05) is 0 Å². The van der Waals surface area contributed by atoms with Crippen molar-refractivity contribution >= 4 is 22.6 Å². The van der Waals surface area contributed by atoms with Crippen molar-refractivity contribution in [3.8, 4) is 0 Å². The fourth-order valence-electron chi connectivity index (χ4n) is 1.07. The van der Waals surface area contributed by atoms with Gasteiger partial charge in [0.2, 0.25) is 0 Å². The zero-order valence-electron chi connectivity index (χ0n) is 8.20. The second-order valence-corrected chi connectivity index (χ2v) is 4.51. The standard InChI is InChI=1S/C9H16IN3/c1-3-4-5-8(2)6-9(10)7-12-13-11/h6,8H,3-5,7H2,1-2H3/b9-6+/t8-/m1/s1. The molecule has 13 heavy (non-hydrogen) atoms. The largest absolute Gasteiger partial charge is 0.0888 e. The summed E-state index contributed by atoms with van der Waals surface area (Å²) < 4.78 is 1.14. The van der Waals surface area contributed by atoms with E-state index in [4.69, 9.17) is 5.53 Å². The second kappa shape index (κ2) is 8.38. The monoisotopic (exact) mass is 293 g/mol. The Morgan fingerprint density at radius 1 is 1.69 bits per heavy atom. The Kier molecular flexibility index (Phi) is 8.24. The molecule has 0 saturated heterocycles. The number of unbranched alkanes of at least 4 members (excludes halogenated alkanes) is 1. The zero-order chi connectivity index (χ0) is 10.1. The fraction of sp³-hybridized carbons (Fsp3) is 0.778. The van der Waals surface area contributed by atoms with Crippen molar-refractivity contribution in [3.05, 3.63) is 20.1 Å². The molecule has 0 aliphatic rings. The zero-order valence-corrected chi connectivity index (χ0v) is 10.4. The summed E-state index contributed by atoms with van der Waals surface area (Å²) in [7, 11) is 0. The van der Waals surface area contributed by atoms with Crippen LogP contribution in [0.5, 0.6) is 0 Å². The first-order valence-corrected chi connectivity index (χ1v) is 5.65. The van der Waals surface area contributed by atoms with E-state index in [0.717, 1.165) is 3.58 Å². The van der Waals surface area contributed by atoms with Gasteiger partial charge in [-0.2, -0.15) is 0 Å². The maximum Gasteiger partial charge on any atom is 0.0565 e. The van der Waals surface area contributed by atoms with Crippen molar-refractivity contribution in [2.45, 2.75) is 33.1 Å². The van der Waals surface area contributed by atoms with Crippen LogP contribution in [0.4, 0.5) is 0 Å². The molecular formula is C9H16IN3. The average Bonchev–Trinajstić information content (AvgIpc) is 2.11. The van der Waals surface area contributed by atoms with Crippen LogP contribution in [0.25, 0.3) is 10.4 Å². The molecule has 0 unspecified atom stereocenters. The lowest BCUT2D eigenvalue weighted by Crippen LogP contribution is -1.91. The van der Waals surface area contributed by atoms with E-state index in [9.17, 15) is 0 Å². The number of nitrogens with zero attached hydrogens (tertiary/aromatic N) is 3. The van der Waals surface area contributed by atoms with Crippen LogP contribution in [-0.2, 0) is 0 Å². The summed E-state index contributed by atoms with van der Waals surface area (Å²) in [5.41, 5.74) is 8.12. The highest BCUT2D eigenvalue weighted by atomic mass is 127. The lowest BCUT2D eigenvalue weighted by atomic mass is 10.0. The van der Waals surface area contributed by atoms with E-state index in [1.165, 1.54) is 19.3 Å². The maximum atomic E-state index is 8.12. The Labute approximate surface area is 93.4 Å². The van der Waals surface area contributed by atoms with Crippen molar-refractivity contribution in [1.29, 1.82) is 0 Å². The summed E-state index contributed by atoms with van der Waals surface area (Å²) >= 11 is 2.23. The van der Waals surface area contributed by atoms with Crippen LogP contribution in [-0.4, -0.2) is 6.54 Å². The molecule has 1 atom stereocenters. The molecule has 0 amide bonds. The third-order valence-corrected chi connectivity index (χ3v) is 2.46. The van der Waals surface area contributed by atoms with Crippen LogP contribution in [0.2, 0.25) is 0 Å². The summed E-state index contributed by atoms with van der Waals surface area (Å²) in [6, 6.07) is 0. The first kappa shape index (κ1) is 12.8. The normalized spacial score (nSPS) is 13.6. The fourth-order valence-corrected chi connectivity index (χ4v) is 1.84. The molecule has 0 radical (unpaired) electrons. The Morgan fingerprint density at radius 2 is 2.38 bits per heavy atom. The number of halogens is 1. The topological polar surface area (TPSA) is 48.8 Å². The van der Waals surface area contributed by atoms with Gasteiger partial charge in [-0.05, 0) is 44.0 Å². The van der Waals surface area contributed by atoms with Gasteiger partial charge in [-0.1, -0.05) is 37.9 Å². The van der Waals surface area contributed by atoms with Gasteiger partial charge in [-0.3, -0.25) is 0 Å². The first-order valence-electron chi connectivity index (χ1n) is 4.57. The lowest BCUT2D eigenvalue weighted by Gasteiger charge is -2.05. The molecule has 4 heteroatoms. The molecule has 0 saturated carbocycles. The summed E-state index contributed by atoms with van der Waals surface area (Å²) in [4.78, 5) is 2.72. The summed E-state index contributed by atoms with van der Waals surface area (Å²) in [5.74, 6) is 0.598. The van der Waals surface area contributed by atoms with Gasteiger partial charge >= 0.3 is 0 Å². The number of azide groups is 1. The van der Waals surface area contributed by atoms with Crippen LogP contribution in [0, 0.1) is 5.92 Å². The summed E-state index contributed by atoms with van der Waals surface area (Å²) in [6.07, 6.45) is 5.92. The molecule has 0 fully saturated rings. The quantitative estimate of drug-likeness (QED) is 0.301. The number of hydrogen-bond donors (Lipinski definition) is 0. The predicted molar refractivity (Wildman–Crippen MR) is 64.8 cm³/mol. The molecular weight excluding hydrogens is 277 g/mol. The van der Waals surface area contributed by atoms with Crippen molar-refractivity contribution in [2.75, 3.05) is 6.54 Å². The molecule has 3 nitrogen and oxygen atoms in total. The molecule has 0 aliphatic carbocycles. The third-order valence-electron chi connectivity index (χ3n) is 1.76. The number of hydrogen-bond acceptors (Lipinski definition) is 1. The Morgan fingerprint density at radius 3 is 2.92 bits per heavy atom. The van der Waals surface area contributed by atoms with Crippen LogP contribution >= 0.6 is 22.6 Å². The van der Waals surface area contributed by atoms with Gasteiger partial charge in [-0.15, -0.1) is 0 Å². The molecule has 0 spiro atoms. The van der Waals surface area contributed by atoms with E-state index in [-0.39, 0.29) is 0 Å². The van der Waals surface area contributed by atoms with E-state index in [2.05, 4.69) is 52.5 Å². The molecule has 0 aromatic heterocycles. The Balaban J connectivity index is 3.82. The molecule has 0 aliphatic heterocycles. The average molecular weight is 293 g/mol. The maximum absolute atomic E-state index is 8.12. The molecule has 0 N–H and O–H groups in total. The highest BCUT2D eigenvalue weighted by molar-refractivity contribution is 14.1. The van der Waals surface area contributed by atoms with Crippen LogP contribution in [0.3, 0.4) is 0 Å². The molecule has 0 heterocycles. The molecule has 0 aromatic rings. The smallest absolute Gasteiger partial charge is 0.0565 e. The van der Waals surface area contributed by atoms with Gasteiger partial charge in [-0.25, -0.2) is 0 Å². The molecule has 0 rings (SSSR count). The van der Waals surface area contributed by atoms with Crippen molar-refractivity contribution in [1.82, 2.24) is 0 Å². The minimum Gasteiger partial charge on any atom is -0.0888 e.